The van der Waals surface area contributed by atoms with Crippen LogP contribution < -0.4 is 10.6 Å². The number of hydrogen-bond acceptors (Lipinski definition) is 3. The van der Waals surface area contributed by atoms with E-state index < -0.39 is 0 Å². The third-order valence-electron chi connectivity index (χ3n) is 4.61. The van der Waals surface area contributed by atoms with Crippen molar-refractivity contribution >= 4 is 11.7 Å². The van der Waals surface area contributed by atoms with Crippen molar-refractivity contribution in [2.24, 2.45) is 0 Å². The van der Waals surface area contributed by atoms with Gasteiger partial charge in [-0.1, -0.05) is 30.5 Å². The number of carbonyl (C=O) groups excluding carboxylic acids is 1. The maximum absolute atomic E-state index is 12.6. The molecule has 1 aliphatic carbocycles. The first-order chi connectivity index (χ1) is 10.6. The molecule has 0 radical (unpaired) electrons. The van der Waals surface area contributed by atoms with Crippen LogP contribution in [0, 0.1) is 6.92 Å². The molecule has 0 saturated heterocycles. The van der Waals surface area contributed by atoms with Crippen LogP contribution in [-0.4, -0.2) is 20.4 Å². The zero-order valence-electron chi connectivity index (χ0n) is 12.5. The lowest BCUT2D eigenvalue weighted by molar-refractivity contribution is 0.249. The number of aromatic nitrogens is 3. The fraction of sp³-hybridized carbons (Fsp3) is 0.438. The van der Waals surface area contributed by atoms with E-state index >= 15 is 0 Å². The van der Waals surface area contributed by atoms with Crippen molar-refractivity contribution in [1.29, 1.82) is 0 Å². The topological polar surface area (TPSA) is 60.1 Å². The number of anilines is 1. The summed E-state index contributed by atoms with van der Waals surface area (Å²) < 4.78 is 2.74. The van der Waals surface area contributed by atoms with E-state index in [1.54, 1.807) is 4.90 Å². The molecule has 114 valence electrons. The zero-order chi connectivity index (χ0) is 15.3. The fourth-order valence-corrected chi connectivity index (χ4v) is 3.36. The Labute approximate surface area is 128 Å². The van der Waals surface area contributed by atoms with Crippen LogP contribution in [0.5, 0.6) is 0 Å². The van der Waals surface area contributed by atoms with Gasteiger partial charge in [-0.05, 0) is 31.9 Å². The largest absolute Gasteiger partial charge is 0.354 e. The summed E-state index contributed by atoms with van der Waals surface area (Å²) in [6.45, 7) is 2.36. The van der Waals surface area contributed by atoms with E-state index in [-0.39, 0.29) is 17.8 Å². The van der Waals surface area contributed by atoms with Crippen LogP contribution in [0.4, 0.5) is 10.5 Å². The van der Waals surface area contributed by atoms with Crippen LogP contribution in [0.1, 0.15) is 43.1 Å². The summed E-state index contributed by atoms with van der Waals surface area (Å²) in [5, 5.41) is 4.42. The molecule has 1 saturated carbocycles. The van der Waals surface area contributed by atoms with Crippen molar-refractivity contribution in [3.05, 3.63) is 46.1 Å². The molecule has 0 N–H and O–H groups in total. The Balaban J connectivity index is 1.68. The van der Waals surface area contributed by atoms with Gasteiger partial charge in [0.1, 0.15) is 0 Å². The van der Waals surface area contributed by atoms with Crippen molar-refractivity contribution in [3.8, 4) is 0 Å². The summed E-state index contributed by atoms with van der Waals surface area (Å²) in [5.74, 6) is 0.544. The summed E-state index contributed by atoms with van der Waals surface area (Å²) in [5.41, 5.74) is 1.64. The molecule has 1 amide bonds. The molecule has 2 heterocycles. The predicted octanol–water partition coefficient (Wildman–Crippen LogP) is 2.46. The van der Waals surface area contributed by atoms with Gasteiger partial charge >= 0.3 is 11.7 Å². The molecule has 0 bridgehead atoms. The number of hydrogen-bond donors (Lipinski definition) is 0. The summed E-state index contributed by atoms with van der Waals surface area (Å²) >= 11 is 0. The lowest BCUT2D eigenvalue weighted by atomic mass is 10.2. The minimum absolute atomic E-state index is 0.159. The Morgan fingerprint density at radius 2 is 1.77 bits per heavy atom. The standard InChI is InChI=1S/C16H18N4O2/c1-11-6-8-12(9-7-11)18-10-14-17-20(13-4-2-3-5-13)16(22)19(14)15(18)21/h6-9,13H,2-5,10H2,1H3. The average molecular weight is 298 g/mol. The van der Waals surface area contributed by atoms with Gasteiger partial charge in [-0.3, -0.25) is 4.90 Å². The molecule has 1 fully saturated rings. The van der Waals surface area contributed by atoms with Crippen molar-refractivity contribution < 1.29 is 4.79 Å². The fourth-order valence-electron chi connectivity index (χ4n) is 3.36. The highest BCUT2D eigenvalue weighted by Crippen LogP contribution is 2.29. The Kier molecular flexibility index (Phi) is 2.92. The summed E-state index contributed by atoms with van der Waals surface area (Å²) in [6, 6.07) is 7.57. The molecule has 1 aromatic carbocycles. The van der Waals surface area contributed by atoms with Crippen LogP contribution in [0.25, 0.3) is 0 Å². The number of rotatable bonds is 2. The highest BCUT2D eigenvalue weighted by atomic mass is 16.2. The average Bonchev–Trinajstić information content (AvgIpc) is 3.19. The van der Waals surface area contributed by atoms with E-state index in [4.69, 9.17) is 0 Å². The normalized spacial score (nSPS) is 18.2. The minimum Gasteiger partial charge on any atom is -0.286 e. The van der Waals surface area contributed by atoms with E-state index in [1.165, 1.54) is 9.25 Å². The third-order valence-corrected chi connectivity index (χ3v) is 4.61. The molecule has 2 aromatic rings. The molecule has 22 heavy (non-hydrogen) atoms. The van der Waals surface area contributed by atoms with E-state index in [0.717, 1.165) is 36.9 Å². The molecule has 0 unspecified atom stereocenters. The number of fused-ring (bicyclic) bond motifs is 1. The summed E-state index contributed by atoms with van der Waals surface area (Å²) in [4.78, 5) is 26.7. The van der Waals surface area contributed by atoms with Gasteiger partial charge in [0.2, 0.25) is 0 Å². The highest BCUT2D eigenvalue weighted by Gasteiger charge is 2.35. The van der Waals surface area contributed by atoms with E-state index in [9.17, 15) is 9.59 Å². The van der Waals surface area contributed by atoms with Gasteiger partial charge in [0, 0.05) is 5.69 Å². The van der Waals surface area contributed by atoms with Gasteiger partial charge in [-0.2, -0.15) is 9.67 Å². The number of aryl methyl sites for hydroxylation is 1. The molecule has 1 aromatic heterocycles. The monoisotopic (exact) mass is 298 g/mol. The maximum atomic E-state index is 12.6. The Hall–Kier alpha value is -2.37. The molecule has 6 nitrogen and oxygen atoms in total. The second kappa shape index (κ2) is 4.83. The van der Waals surface area contributed by atoms with Crippen LogP contribution >= 0.6 is 0 Å². The van der Waals surface area contributed by atoms with Crippen LogP contribution in [-0.2, 0) is 6.54 Å². The molecule has 0 spiro atoms. The van der Waals surface area contributed by atoms with Gasteiger partial charge in [-0.25, -0.2) is 14.3 Å². The summed E-state index contributed by atoms with van der Waals surface area (Å²) in [7, 11) is 0. The van der Waals surface area contributed by atoms with Crippen molar-refractivity contribution in [1.82, 2.24) is 14.3 Å². The van der Waals surface area contributed by atoms with Gasteiger partial charge in [-0.15, -0.1) is 0 Å². The zero-order valence-corrected chi connectivity index (χ0v) is 12.5. The lowest BCUT2D eigenvalue weighted by Crippen LogP contribution is -2.35. The first-order valence-corrected chi connectivity index (χ1v) is 7.74. The third kappa shape index (κ3) is 1.90. The van der Waals surface area contributed by atoms with Crippen LogP contribution in [0.2, 0.25) is 0 Å². The second-order valence-electron chi connectivity index (χ2n) is 6.12. The molecule has 4 rings (SSSR count). The second-order valence-corrected chi connectivity index (χ2v) is 6.12. The van der Waals surface area contributed by atoms with Crippen molar-refractivity contribution in [2.45, 2.75) is 45.2 Å². The maximum Gasteiger partial charge on any atom is 0.354 e. The van der Waals surface area contributed by atoms with Gasteiger partial charge < -0.3 is 0 Å². The first kappa shape index (κ1) is 13.3. The molecular formula is C16H18N4O2. The molecule has 6 heteroatoms. The van der Waals surface area contributed by atoms with Gasteiger partial charge in [0.05, 0.1) is 12.6 Å². The molecular weight excluding hydrogens is 280 g/mol. The Morgan fingerprint density at radius 1 is 1.09 bits per heavy atom. The summed E-state index contributed by atoms with van der Waals surface area (Å²) in [6.07, 6.45) is 4.21. The van der Waals surface area contributed by atoms with E-state index in [1.807, 2.05) is 31.2 Å². The van der Waals surface area contributed by atoms with E-state index in [2.05, 4.69) is 5.10 Å². The lowest BCUT2D eigenvalue weighted by Gasteiger charge is -2.15. The smallest absolute Gasteiger partial charge is 0.286 e. The molecule has 1 aliphatic heterocycles. The Bertz CT molecular complexity index is 781. The quantitative estimate of drug-likeness (QED) is 0.855. The predicted molar refractivity (Wildman–Crippen MR) is 82.1 cm³/mol. The SMILES string of the molecule is Cc1ccc(N2Cc3nn(C4CCCC4)c(=O)n3C2=O)cc1. The van der Waals surface area contributed by atoms with Crippen LogP contribution in [0.15, 0.2) is 29.1 Å². The van der Waals surface area contributed by atoms with Crippen molar-refractivity contribution in [3.63, 3.8) is 0 Å². The number of carbonyl (C=O) groups is 1. The van der Waals surface area contributed by atoms with E-state index in [0.29, 0.717) is 12.4 Å². The first-order valence-electron chi connectivity index (χ1n) is 7.74. The van der Waals surface area contributed by atoms with Gasteiger partial charge in [0.15, 0.2) is 5.82 Å². The molecule has 2 aliphatic rings. The minimum atomic E-state index is -0.298. The van der Waals surface area contributed by atoms with Gasteiger partial charge in [0.25, 0.3) is 0 Å². The van der Waals surface area contributed by atoms with Crippen LogP contribution in [0.3, 0.4) is 0 Å². The highest BCUT2D eigenvalue weighted by molar-refractivity contribution is 5.96. The number of nitrogens with zero attached hydrogens (tertiary/aromatic N) is 4. The Morgan fingerprint density at radius 3 is 2.41 bits per heavy atom. The molecule has 0 atom stereocenters. The van der Waals surface area contributed by atoms with Crippen molar-refractivity contribution in [2.75, 3.05) is 4.90 Å². The number of benzene rings is 1. The number of amides is 1.